The molecule has 2 aromatic rings. The van der Waals surface area contributed by atoms with E-state index in [1.165, 1.54) is 6.07 Å². The Morgan fingerprint density at radius 3 is 2.71 bits per heavy atom. The number of amides is 1. The molecule has 0 spiro atoms. The van der Waals surface area contributed by atoms with Gasteiger partial charge < -0.3 is 15.4 Å². The lowest BCUT2D eigenvalue weighted by Crippen LogP contribution is -2.44. The first kappa shape index (κ1) is 19.0. The molecule has 1 saturated heterocycles. The highest BCUT2D eigenvalue weighted by molar-refractivity contribution is 5.95. The van der Waals surface area contributed by atoms with Crippen molar-refractivity contribution in [2.45, 2.75) is 19.0 Å². The molecule has 2 heterocycles. The van der Waals surface area contributed by atoms with Gasteiger partial charge in [-0.05, 0) is 36.2 Å². The van der Waals surface area contributed by atoms with Crippen molar-refractivity contribution in [3.05, 3.63) is 64.7 Å². The Bertz CT molecular complexity index is 869. The molecule has 0 saturated carbocycles. The second-order valence-corrected chi connectivity index (χ2v) is 7.05. The van der Waals surface area contributed by atoms with Crippen LogP contribution in [-0.2, 0) is 22.5 Å². The molecule has 5 nitrogen and oxygen atoms in total. The van der Waals surface area contributed by atoms with Crippen LogP contribution in [0.4, 0.5) is 14.5 Å². The summed E-state index contributed by atoms with van der Waals surface area (Å²) in [5.41, 5.74) is 1.95. The van der Waals surface area contributed by atoms with E-state index in [1.54, 1.807) is 24.3 Å². The fraction of sp³-hybridized carbons (Fsp3) is 0.381. The third-order valence-corrected chi connectivity index (χ3v) is 5.32. The summed E-state index contributed by atoms with van der Waals surface area (Å²) in [4.78, 5) is 15.0. The molecular formula is C21H23F2N3O2. The topological polar surface area (TPSA) is 53.6 Å². The molecule has 0 radical (unpaired) electrons. The zero-order chi connectivity index (χ0) is 19.5. The van der Waals surface area contributed by atoms with Crippen LogP contribution in [-0.4, -0.2) is 43.7 Å². The SMILES string of the molecule is O=C(Nc1ccc2c(c1F)CCNC2)C(c1ccccc1F)N1CCOCC1. The molecular weight excluding hydrogens is 364 g/mol. The second kappa shape index (κ2) is 8.34. The van der Waals surface area contributed by atoms with E-state index in [0.717, 1.165) is 5.56 Å². The lowest BCUT2D eigenvalue weighted by molar-refractivity contribution is -0.123. The summed E-state index contributed by atoms with van der Waals surface area (Å²) in [6, 6.07) is 8.79. The first-order chi connectivity index (χ1) is 13.6. The van der Waals surface area contributed by atoms with Crippen LogP contribution in [0, 0.1) is 11.6 Å². The number of fused-ring (bicyclic) bond motifs is 1. The first-order valence-electron chi connectivity index (χ1n) is 9.53. The number of benzene rings is 2. The molecule has 1 unspecified atom stereocenters. The van der Waals surface area contributed by atoms with Crippen LogP contribution in [0.25, 0.3) is 0 Å². The van der Waals surface area contributed by atoms with Crippen molar-refractivity contribution >= 4 is 11.6 Å². The highest BCUT2D eigenvalue weighted by Gasteiger charge is 2.32. The predicted octanol–water partition coefficient (Wildman–Crippen LogP) is 2.62. The number of nitrogens with one attached hydrogen (secondary N) is 2. The standard InChI is InChI=1S/C21H23F2N3O2/c22-17-4-2-1-3-16(17)20(26-9-11-28-12-10-26)21(27)25-18-6-5-14-13-24-8-7-15(14)19(18)23/h1-6,20,24H,7-13H2,(H,25,27). The average Bonchev–Trinajstić information content (AvgIpc) is 2.73. The summed E-state index contributed by atoms with van der Waals surface area (Å²) in [6.45, 7) is 3.27. The molecule has 148 valence electrons. The van der Waals surface area contributed by atoms with Gasteiger partial charge in [0.05, 0.1) is 18.9 Å². The van der Waals surface area contributed by atoms with E-state index in [-0.39, 0.29) is 11.3 Å². The minimum Gasteiger partial charge on any atom is -0.379 e. The fourth-order valence-electron chi connectivity index (χ4n) is 3.87. The van der Waals surface area contributed by atoms with E-state index in [1.807, 2.05) is 11.0 Å². The van der Waals surface area contributed by atoms with Crippen molar-refractivity contribution in [2.75, 3.05) is 38.2 Å². The Labute approximate surface area is 162 Å². The van der Waals surface area contributed by atoms with Gasteiger partial charge in [0, 0.05) is 25.2 Å². The highest BCUT2D eigenvalue weighted by atomic mass is 19.1. The first-order valence-corrected chi connectivity index (χ1v) is 9.53. The maximum absolute atomic E-state index is 15.0. The number of rotatable bonds is 4. The van der Waals surface area contributed by atoms with Gasteiger partial charge in [0.25, 0.3) is 0 Å². The normalized spacial score (nSPS) is 18.4. The minimum absolute atomic E-state index is 0.139. The van der Waals surface area contributed by atoms with Crippen LogP contribution >= 0.6 is 0 Å². The highest BCUT2D eigenvalue weighted by Crippen LogP contribution is 2.29. The van der Waals surface area contributed by atoms with E-state index < -0.39 is 23.6 Å². The lowest BCUT2D eigenvalue weighted by atomic mass is 9.99. The molecule has 0 bridgehead atoms. The number of halogens is 2. The van der Waals surface area contributed by atoms with Crippen molar-refractivity contribution in [1.82, 2.24) is 10.2 Å². The molecule has 28 heavy (non-hydrogen) atoms. The zero-order valence-electron chi connectivity index (χ0n) is 15.5. The molecule has 2 aliphatic rings. The van der Waals surface area contributed by atoms with Crippen molar-refractivity contribution < 1.29 is 18.3 Å². The quantitative estimate of drug-likeness (QED) is 0.847. The van der Waals surface area contributed by atoms with E-state index in [0.29, 0.717) is 51.4 Å². The van der Waals surface area contributed by atoms with Crippen LogP contribution < -0.4 is 10.6 Å². The Kier molecular flexibility index (Phi) is 5.66. The molecule has 1 amide bonds. The summed E-state index contributed by atoms with van der Waals surface area (Å²) in [5, 5.41) is 5.90. The number of hydrogen-bond acceptors (Lipinski definition) is 4. The Balaban J connectivity index is 1.64. The summed E-state index contributed by atoms with van der Waals surface area (Å²) in [7, 11) is 0. The Morgan fingerprint density at radius 2 is 1.93 bits per heavy atom. The van der Waals surface area contributed by atoms with Gasteiger partial charge >= 0.3 is 0 Å². The number of carbonyl (C=O) groups excluding carboxylic acids is 1. The van der Waals surface area contributed by atoms with Crippen LogP contribution in [0.15, 0.2) is 36.4 Å². The average molecular weight is 387 g/mol. The second-order valence-electron chi connectivity index (χ2n) is 7.05. The van der Waals surface area contributed by atoms with Crippen molar-refractivity contribution in [3.8, 4) is 0 Å². The molecule has 4 rings (SSSR count). The van der Waals surface area contributed by atoms with Gasteiger partial charge in [0.1, 0.15) is 17.7 Å². The fourth-order valence-corrected chi connectivity index (χ4v) is 3.87. The Hall–Kier alpha value is -2.35. The third-order valence-electron chi connectivity index (χ3n) is 5.32. The molecule has 7 heteroatoms. The number of hydrogen-bond donors (Lipinski definition) is 2. The van der Waals surface area contributed by atoms with Gasteiger partial charge in [-0.15, -0.1) is 0 Å². The van der Waals surface area contributed by atoms with Crippen molar-refractivity contribution in [2.24, 2.45) is 0 Å². The number of morpholine rings is 1. The maximum Gasteiger partial charge on any atom is 0.246 e. The Morgan fingerprint density at radius 1 is 1.14 bits per heavy atom. The van der Waals surface area contributed by atoms with Gasteiger partial charge in [0.15, 0.2) is 0 Å². The predicted molar refractivity (Wildman–Crippen MR) is 102 cm³/mol. The molecule has 2 N–H and O–H groups in total. The maximum atomic E-state index is 15.0. The molecule has 1 atom stereocenters. The van der Waals surface area contributed by atoms with Crippen molar-refractivity contribution in [1.29, 1.82) is 0 Å². The number of carbonyl (C=O) groups is 1. The monoisotopic (exact) mass is 387 g/mol. The van der Waals surface area contributed by atoms with Gasteiger partial charge in [-0.25, -0.2) is 8.78 Å². The summed E-state index contributed by atoms with van der Waals surface area (Å²) >= 11 is 0. The summed E-state index contributed by atoms with van der Waals surface area (Å²) in [5.74, 6) is -1.30. The van der Waals surface area contributed by atoms with Crippen LogP contribution in [0.5, 0.6) is 0 Å². The van der Waals surface area contributed by atoms with Crippen LogP contribution in [0.2, 0.25) is 0 Å². The lowest BCUT2D eigenvalue weighted by Gasteiger charge is -2.34. The summed E-state index contributed by atoms with van der Waals surface area (Å²) in [6.07, 6.45) is 0.574. The van der Waals surface area contributed by atoms with Gasteiger partial charge in [-0.2, -0.15) is 0 Å². The minimum atomic E-state index is -0.845. The van der Waals surface area contributed by atoms with E-state index in [2.05, 4.69) is 10.6 Å². The summed E-state index contributed by atoms with van der Waals surface area (Å²) < 4.78 is 34.8. The van der Waals surface area contributed by atoms with Gasteiger partial charge in [-0.3, -0.25) is 9.69 Å². The molecule has 2 aromatic carbocycles. The van der Waals surface area contributed by atoms with Crippen molar-refractivity contribution in [3.63, 3.8) is 0 Å². The molecule has 2 aliphatic heterocycles. The number of ether oxygens (including phenoxy) is 1. The molecule has 1 fully saturated rings. The third kappa shape index (κ3) is 3.78. The smallest absolute Gasteiger partial charge is 0.246 e. The van der Waals surface area contributed by atoms with E-state index >= 15 is 0 Å². The largest absolute Gasteiger partial charge is 0.379 e. The van der Waals surface area contributed by atoms with Gasteiger partial charge in [0.2, 0.25) is 5.91 Å². The van der Waals surface area contributed by atoms with Crippen LogP contribution in [0.3, 0.4) is 0 Å². The number of anilines is 1. The van der Waals surface area contributed by atoms with E-state index in [4.69, 9.17) is 4.74 Å². The van der Waals surface area contributed by atoms with Crippen LogP contribution in [0.1, 0.15) is 22.7 Å². The van der Waals surface area contributed by atoms with Gasteiger partial charge in [-0.1, -0.05) is 24.3 Å². The van der Waals surface area contributed by atoms with E-state index in [9.17, 15) is 13.6 Å². The number of nitrogens with zero attached hydrogens (tertiary/aromatic N) is 1. The molecule has 0 aliphatic carbocycles. The molecule has 0 aromatic heterocycles. The zero-order valence-corrected chi connectivity index (χ0v) is 15.5.